The van der Waals surface area contributed by atoms with Crippen molar-refractivity contribution in [2.45, 2.75) is 46.5 Å². The molecular weight excluding hydrogens is 574 g/mol. The van der Waals surface area contributed by atoms with Gasteiger partial charge in [0.2, 0.25) is 0 Å². The van der Waals surface area contributed by atoms with Crippen LogP contribution in [-0.4, -0.2) is 49.2 Å². The first-order valence-electron chi connectivity index (χ1n) is 13.8. The fraction of sp³-hybridized carbons (Fsp3) is 0.375. The quantitative estimate of drug-likeness (QED) is 0.107. The third-order valence-corrected chi connectivity index (χ3v) is 9.62. The molecule has 10 heteroatoms. The highest BCUT2D eigenvalue weighted by molar-refractivity contribution is 7.21. The third kappa shape index (κ3) is 7.17. The van der Waals surface area contributed by atoms with Gasteiger partial charge < -0.3 is 19.9 Å². The van der Waals surface area contributed by atoms with Gasteiger partial charge >= 0.3 is 5.97 Å². The van der Waals surface area contributed by atoms with Crippen molar-refractivity contribution in [1.29, 1.82) is 0 Å². The van der Waals surface area contributed by atoms with Crippen molar-refractivity contribution in [1.82, 2.24) is 0 Å². The van der Waals surface area contributed by atoms with Crippen LogP contribution in [0.15, 0.2) is 36.4 Å². The van der Waals surface area contributed by atoms with Gasteiger partial charge in [0.25, 0.3) is 0 Å². The van der Waals surface area contributed by atoms with E-state index in [9.17, 15) is 19.2 Å². The van der Waals surface area contributed by atoms with E-state index in [0.717, 1.165) is 50.0 Å². The molecule has 0 saturated heterocycles. The van der Waals surface area contributed by atoms with Crippen molar-refractivity contribution in [2.24, 2.45) is 11.8 Å². The molecule has 0 saturated carbocycles. The fourth-order valence-corrected chi connectivity index (χ4v) is 6.68. The Balaban J connectivity index is 1.43. The first kappa shape index (κ1) is 31.2. The Morgan fingerprint density at radius 1 is 0.810 bits per heavy atom. The van der Waals surface area contributed by atoms with Crippen LogP contribution in [0.25, 0.3) is 20.2 Å². The van der Waals surface area contributed by atoms with E-state index in [1.165, 1.54) is 36.5 Å². The molecule has 0 bridgehead atoms. The fourth-order valence-electron chi connectivity index (χ4n) is 4.64. The van der Waals surface area contributed by atoms with Crippen LogP contribution in [0.5, 0.6) is 11.5 Å². The molecule has 0 amide bonds. The lowest BCUT2D eigenvalue weighted by Crippen LogP contribution is -2.13. The standard InChI is InChI=1S/C32H35NO7S2/c1-17(19(3)34)9-24(35)30-13-21-11-20(26(39-4)15-28(21)41-30)7-6-8-33-23-12-22-14-31(25(36)10-18(2)32(37)38)42-29(22)16-27(23)40-5/h11-18,33H,6-10H2,1-5H3,(H,37,38)/t17-,18-/m0/s1. The van der Waals surface area contributed by atoms with Gasteiger partial charge in [-0.25, -0.2) is 0 Å². The monoisotopic (exact) mass is 609 g/mol. The predicted octanol–water partition coefficient (Wildman–Crippen LogP) is 7.27. The maximum Gasteiger partial charge on any atom is 0.306 e. The summed E-state index contributed by atoms with van der Waals surface area (Å²) in [6, 6.07) is 11.6. The Morgan fingerprint density at radius 2 is 1.36 bits per heavy atom. The van der Waals surface area contributed by atoms with Crippen molar-refractivity contribution < 1.29 is 33.8 Å². The normalized spacial score (nSPS) is 12.7. The average Bonchev–Trinajstić information content (AvgIpc) is 3.57. The van der Waals surface area contributed by atoms with Gasteiger partial charge in [-0.3, -0.25) is 19.2 Å². The minimum absolute atomic E-state index is 0.0115. The molecule has 2 heterocycles. The van der Waals surface area contributed by atoms with Crippen LogP contribution in [0.4, 0.5) is 5.69 Å². The number of carbonyl (C=O) groups excluding carboxylic acids is 3. The number of carbonyl (C=O) groups is 4. The van der Waals surface area contributed by atoms with Crippen LogP contribution in [0.1, 0.15) is 64.9 Å². The number of Topliss-reactive ketones (excluding diaryl/α,β-unsaturated/α-hetero) is 3. The van der Waals surface area contributed by atoms with E-state index in [4.69, 9.17) is 14.6 Å². The third-order valence-electron chi connectivity index (χ3n) is 7.34. The molecule has 42 heavy (non-hydrogen) atoms. The molecule has 0 fully saturated rings. The lowest BCUT2D eigenvalue weighted by molar-refractivity contribution is -0.141. The summed E-state index contributed by atoms with van der Waals surface area (Å²) in [5, 5.41) is 14.4. The van der Waals surface area contributed by atoms with E-state index in [-0.39, 0.29) is 36.1 Å². The average molecular weight is 610 g/mol. The molecule has 2 aromatic carbocycles. The summed E-state index contributed by atoms with van der Waals surface area (Å²) < 4.78 is 13.1. The van der Waals surface area contributed by atoms with Crippen molar-refractivity contribution in [2.75, 3.05) is 26.1 Å². The molecule has 4 rings (SSSR count). The molecule has 0 aliphatic carbocycles. The van der Waals surface area contributed by atoms with Gasteiger partial charge in [-0.2, -0.15) is 0 Å². The molecule has 0 aliphatic rings. The van der Waals surface area contributed by atoms with E-state index in [2.05, 4.69) is 11.4 Å². The largest absolute Gasteiger partial charge is 0.496 e. The number of hydrogen-bond acceptors (Lipinski definition) is 9. The Bertz CT molecular complexity index is 1530. The number of aliphatic carboxylic acids is 1. The lowest BCUT2D eigenvalue weighted by Gasteiger charge is -2.13. The molecular formula is C32H35NO7S2. The molecule has 4 aromatic rings. The van der Waals surface area contributed by atoms with Crippen LogP contribution in [0.3, 0.4) is 0 Å². The number of fused-ring (bicyclic) bond motifs is 2. The number of carboxylic acid groups (broad SMARTS) is 1. The van der Waals surface area contributed by atoms with Gasteiger partial charge in [0.05, 0.1) is 35.6 Å². The summed E-state index contributed by atoms with van der Waals surface area (Å²) in [4.78, 5) is 49.3. The number of methoxy groups -OCH3 is 2. The number of thiophene rings is 2. The minimum atomic E-state index is -0.985. The maximum atomic E-state index is 12.7. The van der Waals surface area contributed by atoms with Gasteiger partial charge in [0, 0.05) is 40.8 Å². The summed E-state index contributed by atoms with van der Waals surface area (Å²) in [5.41, 5.74) is 1.85. The first-order chi connectivity index (χ1) is 20.0. The number of nitrogens with one attached hydrogen (secondary N) is 1. The highest BCUT2D eigenvalue weighted by Gasteiger charge is 2.20. The molecule has 0 aliphatic heterocycles. The number of benzene rings is 2. The summed E-state index contributed by atoms with van der Waals surface area (Å²) in [7, 11) is 3.24. The van der Waals surface area contributed by atoms with Crippen LogP contribution in [-0.2, 0) is 16.0 Å². The second-order valence-electron chi connectivity index (χ2n) is 10.5. The zero-order chi connectivity index (χ0) is 30.6. The number of rotatable bonds is 15. The van der Waals surface area contributed by atoms with Gasteiger partial charge in [-0.15, -0.1) is 22.7 Å². The van der Waals surface area contributed by atoms with Gasteiger partial charge in [0.1, 0.15) is 17.3 Å². The SMILES string of the molecule is COc1cc2sc(C(=O)C[C@H](C)C(C)=O)cc2cc1CCCNc1cc2cc(C(=O)C[C@H](C)C(=O)O)sc2cc1OC. The zero-order valence-electron chi connectivity index (χ0n) is 24.4. The molecule has 8 nitrogen and oxygen atoms in total. The van der Waals surface area contributed by atoms with Crippen LogP contribution in [0, 0.1) is 11.8 Å². The number of hydrogen-bond donors (Lipinski definition) is 2. The number of anilines is 1. The predicted molar refractivity (Wildman–Crippen MR) is 168 cm³/mol. The molecule has 222 valence electrons. The van der Waals surface area contributed by atoms with E-state index in [1.807, 2.05) is 30.3 Å². The van der Waals surface area contributed by atoms with E-state index < -0.39 is 11.9 Å². The summed E-state index contributed by atoms with van der Waals surface area (Å²) in [6.07, 6.45) is 1.72. The highest BCUT2D eigenvalue weighted by atomic mass is 32.1. The zero-order valence-corrected chi connectivity index (χ0v) is 26.0. The lowest BCUT2D eigenvalue weighted by atomic mass is 10.00. The Labute approximate surface area is 252 Å². The summed E-state index contributed by atoms with van der Waals surface area (Å²) in [6.45, 7) is 5.48. The summed E-state index contributed by atoms with van der Waals surface area (Å²) >= 11 is 2.76. The van der Waals surface area contributed by atoms with Gasteiger partial charge in [-0.05, 0) is 66.4 Å². The van der Waals surface area contributed by atoms with E-state index in [1.54, 1.807) is 21.1 Å². The Kier molecular flexibility index (Phi) is 10.0. The molecule has 0 spiro atoms. The van der Waals surface area contributed by atoms with Crippen LogP contribution < -0.4 is 14.8 Å². The number of carboxylic acids is 1. The van der Waals surface area contributed by atoms with Crippen molar-refractivity contribution in [3.05, 3.63) is 51.7 Å². The molecule has 2 N–H and O–H groups in total. The Hall–Kier alpha value is -3.76. The molecule has 2 atom stereocenters. The number of ketones is 3. The molecule has 0 radical (unpaired) electrons. The van der Waals surface area contributed by atoms with Gasteiger partial charge in [0.15, 0.2) is 11.6 Å². The van der Waals surface area contributed by atoms with Crippen molar-refractivity contribution in [3.63, 3.8) is 0 Å². The second-order valence-corrected chi connectivity index (χ2v) is 12.7. The van der Waals surface area contributed by atoms with Crippen molar-refractivity contribution in [3.8, 4) is 11.5 Å². The smallest absolute Gasteiger partial charge is 0.306 e. The van der Waals surface area contributed by atoms with Crippen LogP contribution >= 0.6 is 22.7 Å². The Morgan fingerprint density at radius 3 is 1.90 bits per heavy atom. The number of aryl methyl sites for hydroxylation is 1. The van der Waals surface area contributed by atoms with Gasteiger partial charge in [-0.1, -0.05) is 13.8 Å². The van der Waals surface area contributed by atoms with E-state index in [0.29, 0.717) is 22.0 Å². The maximum absolute atomic E-state index is 12.7. The molecule has 2 aromatic heterocycles. The van der Waals surface area contributed by atoms with Crippen molar-refractivity contribution >= 4 is 71.9 Å². The van der Waals surface area contributed by atoms with E-state index >= 15 is 0 Å². The molecule has 0 unspecified atom stereocenters. The topological polar surface area (TPSA) is 119 Å². The highest BCUT2D eigenvalue weighted by Crippen LogP contribution is 2.37. The minimum Gasteiger partial charge on any atom is -0.496 e. The first-order valence-corrected chi connectivity index (χ1v) is 15.4. The van der Waals surface area contributed by atoms with Crippen LogP contribution in [0.2, 0.25) is 0 Å². The number of ether oxygens (including phenoxy) is 2. The summed E-state index contributed by atoms with van der Waals surface area (Å²) in [5.74, 6) is -0.776. The second kappa shape index (κ2) is 13.5.